The summed E-state index contributed by atoms with van der Waals surface area (Å²) < 4.78 is 0. The quantitative estimate of drug-likeness (QED) is 0.672. The Morgan fingerprint density at radius 2 is 2.64 bits per heavy atom. The standard InChI is InChI=1S/C7H8N2OS/c10-7-1-5(2-8-7)6-3-11-4-9-6/h3-5H,1-2H2,(H,8,10). The lowest BCUT2D eigenvalue weighted by molar-refractivity contribution is -0.119. The maximum Gasteiger partial charge on any atom is 0.220 e. The third kappa shape index (κ3) is 1.26. The van der Waals surface area contributed by atoms with E-state index >= 15 is 0 Å². The molecule has 1 fully saturated rings. The Bertz CT molecular complexity index is 257. The number of rotatable bonds is 1. The maximum atomic E-state index is 10.8. The van der Waals surface area contributed by atoms with Crippen molar-refractivity contribution in [1.82, 2.24) is 10.3 Å². The van der Waals surface area contributed by atoms with E-state index in [1.54, 1.807) is 16.8 Å². The number of thiazole rings is 1. The molecule has 4 heteroatoms. The van der Waals surface area contributed by atoms with Gasteiger partial charge in [-0.1, -0.05) is 0 Å². The first-order valence-corrected chi connectivity index (χ1v) is 4.45. The van der Waals surface area contributed by atoms with Gasteiger partial charge in [0, 0.05) is 24.3 Å². The van der Waals surface area contributed by atoms with Crippen molar-refractivity contribution in [3.8, 4) is 0 Å². The molecule has 0 saturated carbocycles. The van der Waals surface area contributed by atoms with Crippen LogP contribution in [0.5, 0.6) is 0 Å². The van der Waals surface area contributed by atoms with Crippen molar-refractivity contribution < 1.29 is 4.79 Å². The molecule has 0 radical (unpaired) electrons. The van der Waals surface area contributed by atoms with Gasteiger partial charge in [0.1, 0.15) is 0 Å². The fourth-order valence-electron chi connectivity index (χ4n) is 1.24. The Labute approximate surface area is 68.5 Å². The largest absolute Gasteiger partial charge is 0.355 e. The Morgan fingerprint density at radius 1 is 1.73 bits per heavy atom. The van der Waals surface area contributed by atoms with E-state index in [9.17, 15) is 4.79 Å². The zero-order chi connectivity index (χ0) is 7.68. The molecule has 0 aliphatic carbocycles. The van der Waals surface area contributed by atoms with Crippen LogP contribution in [0.15, 0.2) is 10.9 Å². The molecule has 0 aromatic carbocycles. The van der Waals surface area contributed by atoms with Crippen LogP contribution in [-0.2, 0) is 4.79 Å². The second-order valence-corrected chi connectivity index (χ2v) is 3.34. The van der Waals surface area contributed by atoms with Crippen LogP contribution >= 0.6 is 11.3 Å². The molecule has 11 heavy (non-hydrogen) atoms. The first-order chi connectivity index (χ1) is 5.36. The molecule has 1 aromatic rings. The Hall–Kier alpha value is -0.900. The number of nitrogens with one attached hydrogen (secondary N) is 1. The lowest BCUT2D eigenvalue weighted by atomic mass is 10.1. The van der Waals surface area contributed by atoms with Gasteiger partial charge in [-0.25, -0.2) is 4.98 Å². The molecule has 1 amide bonds. The van der Waals surface area contributed by atoms with Crippen molar-refractivity contribution in [1.29, 1.82) is 0 Å². The second-order valence-electron chi connectivity index (χ2n) is 2.62. The van der Waals surface area contributed by atoms with Crippen molar-refractivity contribution in [3.05, 3.63) is 16.6 Å². The van der Waals surface area contributed by atoms with E-state index in [1.165, 1.54) is 0 Å². The van der Waals surface area contributed by atoms with E-state index in [2.05, 4.69) is 10.3 Å². The molecule has 2 heterocycles. The fourth-order valence-corrected chi connectivity index (χ4v) is 1.87. The third-order valence-corrected chi connectivity index (χ3v) is 2.45. The van der Waals surface area contributed by atoms with Crippen molar-refractivity contribution in [2.75, 3.05) is 6.54 Å². The third-order valence-electron chi connectivity index (χ3n) is 1.85. The van der Waals surface area contributed by atoms with Crippen LogP contribution in [0.4, 0.5) is 0 Å². The lowest BCUT2D eigenvalue weighted by Crippen LogP contribution is -2.13. The Kier molecular flexibility index (Phi) is 1.62. The van der Waals surface area contributed by atoms with Crippen molar-refractivity contribution in [3.63, 3.8) is 0 Å². The zero-order valence-electron chi connectivity index (χ0n) is 5.91. The van der Waals surface area contributed by atoms with Crippen LogP contribution < -0.4 is 5.32 Å². The van der Waals surface area contributed by atoms with E-state index in [1.807, 2.05) is 5.38 Å². The van der Waals surface area contributed by atoms with Gasteiger partial charge in [0.25, 0.3) is 0 Å². The molecule has 0 spiro atoms. The first-order valence-electron chi connectivity index (χ1n) is 3.51. The van der Waals surface area contributed by atoms with Gasteiger partial charge in [-0.15, -0.1) is 11.3 Å². The second kappa shape index (κ2) is 2.62. The highest BCUT2D eigenvalue weighted by atomic mass is 32.1. The summed E-state index contributed by atoms with van der Waals surface area (Å²) in [6, 6.07) is 0. The molecule has 58 valence electrons. The summed E-state index contributed by atoms with van der Waals surface area (Å²) in [5.41, 5.74) is 2.85. The van der Waals surface area contributed by atoms with Crippen LogP contribution in [0, 0.1) is 0 Å². The van der Waals surface area contributed by atoms with E-state index in [4.69, 9.17) is 0 Å². The van der Waals surface area contributed by atoms with Gasteiger partial charge >= 0.3 is 0 Å². The SMILES string of the molecule is O=C1CC(c2cscn2)CN1. The molecule has 0 bridgehead atoms. The number of nitrogens with zero attached hydrogens (tertiary/aromatic N) is 1. The summed E-state index contributed by atoms with van der Waals surface area (Å²) in [6.45, 7) is 0.753. The van der Waals surface area contributed by atoms with Crippen LogP contribution in [0.25, 0.3) is 0 Å². The molecule has 1 aromatic heterocycles. The summed E-state index contributed by atoms with van der Waals surface area (Å²) in [4.78, 5) is 15.0. The van der Waals surface area contributed by atoms with Crippen LogP contribution in [-0.4, -0.2) is 17.4 Å². The highest BCUT2D eigenvalue weighted by Gasteiger charge is 2.23. The predicted molar refractivity (Wildman–Crippen MR) is 42.5 cm³/mol. The minimum Gasteiger partial charge on any atom is -0.355 e. The summed E-state index contributed by atoms with van der Waals surface area (Å²) in [6.07, 6.45) is 0.601. The smallest absolute Gasteiger partial charge is 0.220 e. The average molecular weight is 168 g/mol. The van der Waals surface area contributed by atoms with Crippen molar-refractivity contribution >= 4 is 17.2 Å². The van der Waals surface area contributed by atoms with Crippen LogP contribution in [0.1, 0.15) is 18.0 Å². The molecule has 1 N–H and O–H groups in total. The monoisotopic (exact) mass is 168 g/mol. The van der Waals surface area contributed by atoms with Gasteiger partial charge in [-0.2, -0.15) is 0 Å². The van der Waals surface area contributed by atoms with Gasteiger partial charge in [0.15, 0.2) is 0 Å². The Morgan fingerprint density at radius 3 is 3.18 bits per heavy atom. The molecule has 1 saturated heterocycles. The van der Waals surface area contributed by atoms with Gasteiger partial charge in [-0.05, 0) is 0 Å². The molecule has 1 atom stereocenters. The molecular formula is C7H8N2OS. The average Bonchev–Trinajstić information content (AvgIpc) is 2.55. The number of carbonyl (C=O) groups excluding carboxylic acids is 1. The van der Waals surface area contributed by atoms with Crippen LogP contribution in [0.3, 0.4) is 0 Å². The van der Waals surface area contributed by atoms with Gasteiger partial charge < -0.3 is 5.32 Å². The van der Waals surface area contributed by atoms with E-state index < -0.39 is 0 Å². The molecule has 1 aliphatic heterocycles. The van der Waals surface area contributed by atoms with E-state index in [0.717, 1.165) is 12.2 Å². The van der Waals surface area contributed by atoms with E-state index in [-0.39, 0.29) is 5.91 Å². The van der Waals surface area contributed by atoms with Gasteiger partial charge in [0.05, 0.1) is 11.2 Å². The topological polar surface area (TPSA) is 42.0 Å². The minimum atomic E-state index is 0.142. The van der Waals surface area contributed by atoms with E-state index in [0.29, 0.717) is 12.3 Å². The fraction of sp³-hybridized carbons (Fsp3) is 0.429. The van der Waals surface area contributed by atoms with Crippen LogP contribution in [0.2, 0.25) is 0 Å². The normalized spacial score (nSPS) is 23.6. The lowest BCUT2D eigenvalue weighted by Gasteiger charge is -1.99. The van der Waals surface area contributed by atoms with Gasteiger partial charge in [0.2, 0.25) is 5.91 Å². The zero-order valence-corrected chi connectivity index (χ0v) is 6.73. The summed E-state index contributed by atoms with van der Waals surface area (Å²) in [5, 5.41) is 4.79. The summed E-state index contributed by atoms with van der Waals surface area (Å²) in [7, 11) is 0. The number of aromatic nitrogens is 1. The molecule has 1 aliphatic rings. The van der Waals surface area contributed by atoms with Crippen molar-refractivity contribution in [2.45, 2.75) is 12.3 Å². The highest BCUT2D eigenvalue weighted by molar-refractivity contribution is 7.07. The maximum absolute atomic E-state index is 10.8. The minimum absolute atomic E-state index is 0.142. The molecule has 1 unspecified atom stereocenters. The molecular weight excluding hydrogens is 160 g/mol. The first kappa shape index (κ1) is 6.79. The number of amides is 1. The summed E-state index contributed by atoms with van der Waals surface area (Å²) in [5.74, 6) is 0.455. The molecule has 2 rings (SSSR count). The highest BCUT2D eigenvalue weighted by Crippen LogP contribution is 2.21. The Balaban J connectivity index is 2.13. The predicted octanol–water partition coefficient (Wildman–Crippen LogP) is 0.747. The number of hydrogen-bond donors (Lipinski definition) is 1. The summed E-state index contributed by atoms with van der Waals surface area (Å²) >= 11 is 1.58. The van der Waals surface area contributed by atoms with Gasteiger partial charge in [-0.3, -0.25) is 4.79 Å². The number of hydrogen-bond acceptors (Lipinski definition) is 3. The molecule has 3 nitrogen and oxygen atoms in total. The van der Waals surface area contributed by atoms with Crippen molar-refractivity contribution in [2.24, 2.45) is 0 Å². The number of carbonyl (C=O) groups is 1.